The summed E-state index contributed by atoms with van der Waals surface area (Å²) in [5.74, 6) is 0. The van der Waals surface area contributed by atoms with Crippen molar-refractivity contribution in [3.8, 4) is 0 Å². The minimum atomic E-state index is -0.366. The number of carbonyl (C=O) groups excluding carboxylic acids is 1. The minimum Gasteiger partial charge on any atom is -0.393 e. The molecule has 23 heavy (non-hydrogen) atoms. The van der Waals surface area contributed by atoms with Gasteiger partial charge in [0, 0.05) is 23.5 Å². The van der Waals surface area contributed by atoms with E-state index in [0.717, 1.165) is 17.9 Å². The van der Waals surface area contributed by atoms with E-state index in [4.69, 9.17) is 11.6 Å². The van der Waals surface area contributed by atoms with Crippen LogP contribution in [0.25, 0.3) is 0 Å². The molecule has 1 aliphatic rings. The highest BCUT2D eigenvalue weighted by Gasteiger charge is 2.44. The van der Waals surface area contributed by atoms with Crippen LogP contribution in [-0.2, 0) is 5.41 Å². The zero-order valence-electron chi connectivity index (χ0n) is 14.2. The molecule has 0 aromatic heterocycles. The lowest BCUT2D eigenvalue weighted by atomic mass is 9.87. The summed E-state index contributed by atoms with van der Waals surface area (Å²) in [4.78, 5) is 12.0. The van der Waals surface area contributed by atoms with Crippen molar-refractivity contribution < 1.29 is 9.90 Å². The van der Waals surface area contributed by atoms with Crippen LogP contribution in [0.4, 0.5) is 4.79 Å². The highest BCUT2D eigenvalue weighted by atomic mass is 35.5. The second-order valence-corrected chi connectivity index (χ2v) is 7.98. The van der Waals surface area contributed by atoms with Crippen LogP contribution in [0.1, 0.15) is 45.6 Å². The number of amides is 2. The number of aliphatic hydroxyl groups excluding tert-OH is 1. The maximum Gasteiger partial charge on any atom is 0.314 e. The number of halogens is 1. The zero-order valence-corrected chi connectivity index (χ0v) is 14.9. The van der Waals surface area contributed by atoms with Crippen LogP contribution in [0.5, 0.6) is 0 Å². The predicted molar refractivity (Wildman–Crippen MR) is 93.8 cm³/mol. The molecule has 1 aromatic rings. The molecule has 0 aliphatic heterocycles. The molecule has 2 amide bonds. The van der Waals surface area contributed by atoms with E-state index in [1.165, 1.54) is 5.56 Å². The van der Waals surface area contributed by atoms with Crippen LogP contribution in [0.3, 0.4) is 0 Å². The molecule has 2 rings (SSSR count). The van der Waals surface area contributed by atoms with Gasteiger partial charge in [0.25, 0.3) is 0 Å². The quantitative estimate of drug-likeness (QED) is 0.713. The summed E-state index contributed by atoms with van der Waals surface area (Å²) in [6, 6.07) is 7.73. The normalized spacial score (nSPS) is 17.4. The van der Waals surface area contributed by atoms with E-state index in [1.807, 2.05) is 38.1 Å². The number of nitrogens with one attached hydrogen (secondary N) is 2. The number of hydrogen-bond donors (Lipinski definition) is 3. The lowest BCUT2D eigenvalue weighted by Crippen LogP contribution is -2.43. The van der Waals surface area contributed by atoms with Crippen molar-refractivity contribution in [2.45, 2.75) is 51.6 Å². The van der Waals surface area contributed by atoms with Gasteiger partial charge in [0.1, 0.15) is 0 Å². The molecule has 1 atom stereocenters. The molecule has 1 aromatic carbocycles. The smallest absolute Gasteiger partial charge is 0.314 e. The van der Waals surface area contributed by atoms with Crippen LogP contribution >= 0.6 is 11.6 Å². The third-order valence-electron chi connectivity index (χ3n) is 4.47. The van der Waals surface area contributed by atoms with Gasteiger partial charge in [-0.05, 0) is 49.3 Å². The van der Waals surface area contributed by atoms with Crippen LogP contribution in [0, 0.1) is 5.41 Å². The standard InChI is InChI=1S/C18H27ClN2O2/c1-13(22)10-17(2,3)11-20-16(23)21-12-18(8-9-18)14-4-6-15(19)7-5-14/h4-7,13,22H,8-12H2,1-3H3,(H2,20,21,23). The van der Waals surface area contributed by atoms with Gasteiger partial charge < -0.3 is 15.7 Å². The maximum atomic E-state index is 12.0. The molecular formula is C18H27ClN2O2. The van der Waals surface area contributed by atoms with Crippen molar-refractivity contribution in [2.75, 3.05) is 13.1 Å². The minimum absolute atomic E-state index is 0.0665. The average Bonchev–Trinajstić information content (AvgIpc) is 3.24. The Hall–Kier alpha value is -1.26. The average molecular weight is 339 g/mol. The van der Waals surface area contributed by atoms with Crippen LogP contribution in [0.15, 0.2) is 24.3 Å². The van der Waals surface area contributed by atoms with E-state index in [1.54, 1.807) is 6.92 Å². The van der Waals surface area contributed by atoms with E-state index in [9.17, 15) is 9.90 Å². The molecular weight excluding hydrogens is 312 g/mol. The summed E-state index contributed by atoms with van der Waals surface area (Å²) < 4.78 is 0. The molecule has 128 valence electrons. The van der Waals surface area contributed by atoms with Gasteiger partial charge in [0.05, 0.1) is 6.10 Å². The van der Waals surface area contributed by atoms with Gasteiger partial charge >= 0.3 is 6.03 Å². The summed E-state index contributed by atoms with van der Waals surface area (Å²) in [6.45, 7) is 7.02. The SMILES string of the molecule is CC(O)CC(C)(C)CNC(=O)NCC1(c2ccc(Cl)cc2)CC1. The van der Waals surface area contributed by atoms with Crippen molar-refractivity contribution in [2.24, 2.45) is 5.41 Å². The van der Waals surface area contributed by atoms with E-state index in [-0.39, 0.29) is 23.0 Å². The maximum absolute atomic E-state index is 12.0. The number of hydrogen-bond acceptors (Lipinski definition) is 2. The highest BCUT2D eigenvalue weighted by Crippen LogP contribution is 2.47. The van der Waals surface area contributed by atoms with Gasteiger partial charge in [-0.3, -0.25) is 0 Å². The van der Waals surface area contributed by atoms with Crippen LogP contribution in [-0.4, -0.2) is 30.3 Å². The van der Waals surface area contributed by atoms with E-state index in [0.29, 0.717) is 19.5 Å². The Morgan fingerprint density at radius 1 is 1.30 bits per heavy atom. The van der Waals surface area contributed by atoms with Crippen molar-refractivity contribution in [1.82, 2.24) is 10.6 Å². The Labute approximate surface area is 143 Å². The second kappa shape index (κ2) is 7.10. The third kappa shape index (κ3) is 5.40. The van der Waals surface area contributed by atoms with E-state index in [2.05, 4.69) is 10.6 Å². The number of rotatable bonds is 7. The van der Waals surface area contributed by atoms with Crippen LogP contribution in [0.2, 0.25) is 5.02 Å². The second-order valence-electron chi connectivity index (χ2n) is 7.54. The van der Waals surface area contributed by atoms with Gasteiger partial charge in [-0.2, -0.15) is 0 Å². The first-order valence-electron chi connectivity index (χ1n) is 8.18. The van der Waals surface area contributed by atoms with Gasteiger partial charge in [-0.1, -0.05) is 37.6 Å². The van der Waals surface area contributed by atoms with Crippen molar-refractivity contribution in [1.29, 1.82) is 0 Å². The fourth-order valence-corrected chi connectivity index (χ4v) is 3.15. The number of aliphatic hydroxyl groups is 1. The molecule has 0 bridgehead atoms. The highest BCUT2D eigenvalue weighted by molar-refractivity contribution is 6.30. The molecule has 0 saturated heterocycles. The summed E-state index contributed by atoms with van der Waals surface area (Å²) in [6.07, 6.45) is 2.46. The Kier molecular flexibility index (Phi) is 5.58. The Bertz CT molecular complexity index is 536. The molecule has 5 heteroatoms. The van der Waals surface area contributed by atoms with Crippen LogP contribution < -0.4 is 10.6 Å². The fourth-order valence-electron chi connectivity index (χ4n) is 3.03. The van der Waals surface area contributed by atoms with Gasteiger partial charge in [0.2, 0.25) is 0 Å². The Morgan fingerprint density at radius 2 is 1.91 bits per heavy atom. The first-order valence-corrected chi connectivity index (χ1v) is 8.56. The summed E-state index contributed by atoms with van der Waals surface area (Å²) >= 11 is 5.93. The monoisotopic (exact) mass is 338 g/mol. The molecule has 3 N–H and O–H groups in total. The molecule has 4 nitrogen and oxygen atoms in total. The van der Waals surface area contributed by atoms with Crippen molar-refractivity contribution >= 4 is 17.6 Å². The molecule has 0 heterocycles. The summed E-state index contributed by atoms with van der Waals surface area (Å²) in [7, 11) is 0. The lowest BCUT2D eigenvalue weighted by molar-refractivity contribution is 0.129. The number of urea groups is 1. The topological polar surface area (TPSA) is 61.4 Å². The Balaban J connectivity index is 1.79. The zero-order chi connectivity index (χ0) is 17.1. The summed E-state index contributed by atoms with van der Waals surface area (Å²) in [5.41, 5.74) is 1.17. The molecule has 1 aliphatic carbocycles. The number of benzene rings is 1. The molecule has 1 saturated carbocycles. The van der Waals surface area contributed by atoms with Crippen molar-refractivity contribution in [3.05, 3.63) is 34.9 Å². The molecule has 0 spiro atoms. The third-order valence-corrected chi connectivity index (χ3v) is 4.72. The molecule has 1 unspecified atom stereocenters. The lowest BCUT2D eigenvalue weighted by Gasteiger charge is -2.26. The van der Waals surface area contributed by atoms with Crippen molar-refractivity contribution in [3.63, 3.8) is 0 Å². The largest absolute Gasteiger partial charge is 0.393 e. The number of carbonyl (C=O) groups is 1. The van der Waals surface area contributed by atoms with E-state index < -0.39 is 0 Å². The molecule has 1 fully saturated rings. The first-order chi connectivity index (χ1) is 10.7. The summed E-state index contributed by atoms with van der Waals surface area (Å²) in [5, 5.41) is 16.1. The van der Waals surface area contributed by atoms with E-state index >= 15 is 0 Å². The predicted octanol–water partition coefficient (Wildman–Crippen LogP) is 3.47. The first kappa shape index (κ1) is 18.1. The Morgan fingerprint density at radius 3 is 2.43 bits per heavy atom. The van der Waals surface area contributed by atoms with Gasteiger partial charge in [-0.25, -0.2) is 4.79 Å². The van der Waals surface area contributed by atoms with Gasteiger partial charge in [0.15, 0.2) is 0 Å². The molecule has 0 radical (unpaired) electrons. The van der Waals surface area contributed by atoms with Gasteiger partial charge in [-0.15, -0.1) is 0 Å². The fraction of sp³-hybridized carbons (Fsp3) is 0.611.